The predicted molar refractivity (Wildman–Crippen MR) is 113 cm³/mol. The maximum Gasteiger partial charge on any atom is 0.328 e. The fourth-order valence-corrected chi connectivity index (χ4v) is 4.19. The van der Waals surface area contributed by atoms with Gasteiger partial charge in [0, 0.05) is 17.4 Å². The number of carbonyl (C=O) groups excluding carboxylic acids is 2. The minimum absolute atomic E-state index is 0.0329. The smallest absolute Gasteiger partial charge is 0.328 e. The summed E-state index contributed by atoms with van der Waals surface area (Å²) in [6.45, 7) is 3.30. The molecule has 166 valence electrons. The van der Waals surface area contributed by atoms with E-state index in [2.05, 4.69) is 9.97 Å². The van der Waals surface area contributed by atoms with E-state index >= 15 is 0 Å². The Labute approximate surface area is 189 Å². The number of fused-ring (bicyclic) bond motifs is 1. The van der Waals surface area contributed by atoms with Gasteiger partial charge in [0.2, 0.25) is 15.0 Å². The van der Waals surface area contributed by atoms with Crippen LogP contribution >= 0.6 is 23.2 Å². The highest BCUT2D eigenvalue weighted by Crippen LogP contribution is 2.40. The van der Waals surface area contributed by atoms with Crippen molar-refractivity contribution in [1.29, 1.82) is 0 Å². The van der Waals surface area contributed by atoms with Gasteiger partial charge in [-0.1, -0.05) is 23.2 Å². The molecule has 1 unspecified atom stereocenters. The van der Waals surface area contributed by atoms with E-state index in [9.17, 15) is 18.0 Å². The number of aromatic nitrogens is 2. The van der Waals surface area contributed by atoms with Crippen LogP contribution in [0, 0.1) is 0 Å². The van der Waals surface area contributed by atoms with Crippen LogP contribution in [0.4, 0.5) is 0 Å². The summed E-state index contributed by atoms with van der Waals surface area (Å²) in [6, 6.07) is 2.02. The number of benzene rings is 1. The number of rotatable bonds is 6. The van der Waals surface area contributed by atoms with Crippen molar-refractivity contribution in [3.63, 3.8) is 0 Å². The van der Waals surface area contributed by atoms with E-state index in [-0.39, 0.29) is 40.3 Å². The molecule has 9 nitrogen and oxygen atoms in total. The van der Waals surface area contributed by atoms with Crippen molar-refractivity contribution in [3.05, 3.63) is 33.4 Å². The molecule has 0 bridgehead atoms. The monoisotopic (exact) mass is 487 g/mol. The van der Waals surface area contributed by atoms with E-state index in [1.54, 1.807) is 6.92 Å². The standard InChI is InChI=1S/C19H19Cl2N3O6S/c1-5-30-18(26)9(2)24-8-11-15(10-6-14(29-3)13(21)7-12(10)20)22-19(31(4,27)28)23-16(11)17(24)25/h6-7,9H,5,8H2,1-4H3. The minimum Gasteiger partial charge on any atom is -0.495 e. The molecule has 3 rings (SSSR count). The first kappa shape index (κ1) is 23.2. The molecule has 0 spiro atoms. The van der Waals surface area contributed by atoms with Crippen molar-refractivity contribution in [1.82, 2.24) is 14.9 Å². The van der Waals surface area contributed by atoms with Gasteiger partial charge in [-0.25, -0.2) is 23.2 Å². The molecule has 1 amide bonds. The third kappa shape index (κ3) is 4.32. The van der Waals surface area contributed by atoms with Gasteiger partial charge in [0.1, 0.15) is 17.5 Å². The summed E-state index contributed by atoms with van der Waals surface area (Å²) in [5.74, 6) is -0.913. The number of methoxy groups -OCH3 is 1. The zero-order valence-corrected chi connectivity index (χ0v) is 19.4. The Kier molecular flexibility index (Phi) is 6.45. The van der Waals surface area contributed by atoms with Crippen molar-refractivity contribution in [2.24, 2.45) is 0 Å². The Bertz CT molecular complexity index is 1190. The fraction of sp³-hybridized carbons (Fsp3) is 0.368. The Morgan fingerprint density at radius 2 is 1.87 bits per heavy atom. The Morgan fingerprint density at radius 3 is 2.45 bits per heavy atom. The number of hydrogen-bond acceptors (Lipinski definition) is 8. The molecule has 0 saturated carbocycles. The van der Waals surface area contributed by atoms with Gasteiger partial charge >= 0.3 is 5.97 Å². The average Bonchev–Trinajstić information content (AvgIpc) is 3.03. The van der Waals surface area contributed by atoms with E-state index in [1.807, 2.05) is 0 Å². The van der Waals surface area contributed by atoms with Gasteiger partial charge in [-0.2, -0.15) is 0 Å². The van der Waals surface area contributed by atoms with Crippen LogP contribution in [0.15, 0.2) is 17.3 Å². The Balaban J connectivity index is 2.23. The summed E-state index contributed by atoms with van der Waals surface area (Å²) in [5, 5.41) is -0.111. The van der Waals surface area contributed by atoms with Crippen molar-refractivity contribution in [2.45, 2.75) is 31.6 Å². The molecule has 0 aliphatic carbocycles. The maximum atomic E-state index is 13.0. The number of ether oxygens (including phenoxy) is 2. The third-order valence-electron chi connectivity index (χ3n) is 4.70. The number of nitrogens with zero attached hydrogens (tertiary/aromatic N) is 3. The predicted octanol–water partition coefficient (Wildman–Crippen LogP) is 2.77. The normalized spacial score (nSPS) is 14.4. The lowest BCUT2D eigenvalue weighted by Gasteiger charge is -2.22. The molecule has 2 heterocycles. The Hall–Kier alpha value is -2.43. The highest BCUT2D eigenvalue weighted by molar-refractivity contribution is 7.90. The zero-order chi connectivity index (χ0) is 23.1. The lowest BCUT2D eigenvalue weighted by atomic mass is 10.1. The molecule has 1 aliphatic heterocycles. The molecule has 1 aliphatic rings. The number of sulfone groups is 1. The van der Waals surface area contributed by atoms with Gasteiger partial charge < -0.3 is 14.4 Å². The largest absolute Gasteiger partial charge is 0.495 e. The molecular formula is C19H19Cl2N3O6S. The maximum absolute atomic E-state index is 13.0. The molecule has 0 N–H and O–H groups in total. The van der Waals surface area contributed by atoms with Crippen LogP contribution in [0.3, 0.4) is 0 Å². The lowest BCUT2D eigenvalue weighted by molar-refractivity contribution is -0.148. The number of carbonyl (C=O) groups is 2. The van der Waals surface area contributed by atoms with Gasteiger partial charge in [0.25, 0.3) is 5.91 Å². The van der Waals surface area contributed by atoms with Crippen molar-refractivity contribution in [3.8, 4) is 17.0 Å². The second kappa shape index (κ2) is 8.60. The zero-order valence-electron chi connectivity index (χ0n) is 17.1. The minimum atomic E-state index is -3.86. The number of esters is 1. The van der Waals surface area contributed by atoms with Gasteiger partial charge in [-0.05, 0) is 26.0 Å². The number of halogens is 2. The summed E-state index contributed by atoms with van der Waals surface area (Å²) in [6.07, 6.45) is 0.932. The number of amides is 1. The third-order valence-corrected chi connectivity index (χ3v) is 6.16. The lowest BCUT2D eigenvalue weighted by Crippen LogP contribution is -2.40. The van der Waals surface area contributed by atoms with Crippen molar-refractivity contribution in [2.75, 3.05) is 20.0 Å². The second-order valence-corrected chi connectivity index (χ2v) is 9.51. The summed E-state index contributed by atoms with van der Waals surface area (Å²) in [7, 11) is -2.45. The molecule has 31 heavy (non-hydrogen) atoms. The first-order valence-corrected chi connectivity index (χ1v) is 11.8. The molecule has 0 saturated heterocycles. The van der Waals surface area contributed by atoms with E-state index in [1.165, 1.54) is 31.1 Å². The second-order valence-electron chi connectivity index (χ2n) is 6.78. The Morgan fingerprint density at radius 1 is 1.23 bits per heavy atom. The first-order valence-electron chi connectivity index (χ1n) is 9.11. The fourth-order valence-electron chi connectivity index (χ4n) is 3.13. The molecule has 0 radical (unpaired) electrons. The van der Waals surface area contributed by atoms with Crippen molar-refractivity contribution >= 4 is 44.9 Å². The molecule has 0 fully saturated rings. The summed E-state index contributed by atoms with van der Waals surface area (Å²) in [5.41, 5.74) is 0.661. The van der Waals surface area contributed by atoms with Crippen LogP contribution in [0.2, 0.25) is 10.0 Å². The summed E-state index contributed by atoms with van der Waals surface area (Å²) < 4.78 is 34.6. The van der Waals surface area contributed by atoms with Crippen LogP contribution in [0.5, 0.6) is 5.75 Å². The quantitative estimate of drug-likeness (QED) is 0.450. The molecule has 12 heteroatoms. The topological polar surface area (TPSA) is 116 Å². The molecule has 2 aromatic rings. The van der Waals surface area contributed by atoms with E-state index in [0.29, 0.717) is 11.1 Å². The molecule has 1 atom stereocenters. The van der Waals surface area contributed by atoms with Gasteiger partial charge in [0.15, 0.2) is 0 Å². The highest BCUT2D eigenvalue weighted by atomic mass is 35.5. The number of hydrogen-bond donors (Lipinski definition) is 0. The van der Waals surface area contributed by atoms with Crippen LogP contribution in [0.1, 0.15) is 29.9 Å². The van der Waals surface area contributed by atoms with E-state index in [0.717, 1.165) is 6.26 Å². The SMILES string of the molecule is CCOC(=O)C(C)N1Cc2c(nc(S(C)(=O)=O)nc2-c2cc(OC)c(Cl)cc2Cl)C1=O. The van der Waals surface area contributed by atoms with E-state index in [4.69, 9.17) is 32.7 Å². The van der Waals surface area contributed by atoms with Gasteiger partial charge in [0.05, 0.1) is 36.0 Å². The van der Waals surface area contributed by atoms with E-state index < -0.39 is 32.9 Å². The highest BCUT2D eigenvalue weighted by Gasteiger charge is 2.39. The average molecular weight is 488 g/mol. The van der Waals surface area contributed by atoms with Crippen LogP contribution in [-0.4, -0.2) is 61.2 Å². The summed E-state index contributed by atoms with van der Waals surface area (Å²) >= 11 is 12.5. The van der Waals surface area contributed by atoms with Crippen LogP contribution in [0.25, 0.3) is 11.3 Å². The molecular weight excluding hydrogens is 469 g/mol. The van der Waals surface area contributed by atoms with Crippen molar-refractivity contribution < 1.29 is 27.5 Å². The molecule has 1 aromatic carbocycles. The van der Waals surface area contributed by atoms with Crippen LogP contribution in [-0.2, 0) is 25.9 Å². The van der Waals surface area contributed by atoms with Gasteiger partial charge in [-0.3, -0.25) is 4.79 Å². The summed E-state index contributed by atoms with van der Waals surface area (Å²) in [4.78, 5) is 34.6. The van der Waals surface area contributed by atoms with Crippen LogP contribution < -0.4 is 4.74 Å². The molecule has 1 aromatic heterocycles. The first-order chi connectivity index (χ1) is 14.5. The van der Waals surface area contributed by atoms with Gasteiger partial charge in [-0.15, -0.1) is 0 Å².